The monoisotopic (exact) mass is 454 g/mol. The Hall–Kier alpha value is -2.34. The zero-order chi connectivity index (χ0) is 23.6. The zero-order valence-electron chi connectivity index (χ0n) is 20.8. The van der Waals surface area contributed by atoms with Gasteiger partial charge in [-0.25, -0.2) is 4.79 Å². The summed E-state index contributed by atoms with van der Waals surface area (Å²) in [7, 11) is 3.65. The third-order valence-electron chi connectivity index (χ3n) is 8.06. The summed E-state index contributed by atoms with van der Waals surface area (Å²) in [6.45, 7) is 8.02. The minimum Gasteiger partial charge on any atom is -0.349 e. The summed E-state index contributed by atoms with van der Waals surface area (Å²) in [5.41, 5.74) is 3.27. The zero-order valence-corrected chi connectivity index (χ0v) is 20.8. The Bertz CT molecular complexity index is 896. The van der Waals surface area contributed by atoms with Gasteiger partial charge in [0.15, 0.2) is 0 Å². The summed E-state index contributed by atoms with van der Waals surface area (Å²) in [5.74, 6) is 0.0772. The van der Waals surface area contributed by atoms with Gasteiger partial charge in [0.25, 0.3) is 5.91 Å². The lowest BCUT2D eigenvalue weighted by molar-refractivity contribution is -0.116. The summed E-state index contributed by atoms with van der Waals surface area (Å²) >= 11 is 0. The van der Waals surface area contributed by atoms with Gasteiger partial charge in [-0.2, -0.15) is 0 Å². The van der Waals surface area contributed by atoms with E-state index in [9.17, 15) is 9.59 Å². The molecule has 182 valence electrons. The Kier molecular flexibility index (Phi) is 7.13. The first-order valence-electron chi connectivity index (χ1n) is 12.7. The number of carbonyl (C=O) groups excluding carboxylic acids is 2. The van der Waals surface area contributed by atoms with Gasteiger partial charge in [-0.15, -0.1) is 0 Å². The average Bonchev–Trinajstić information content (AvgIpc) is 3.16. The van der Waals surface area contributed by atoms with Gasteiger partial charge in [0.1, 0.15) is 0 Å². The van der Waals surface area contributed by atoms with Crippen LogP contribution < -0.4 is 5.32 Å². The molecule has 2 fully saturated rings. The van der Waals surface area contributed by atoms with Crippen LogP contribution in [0.4, 0.5) is 4.79 Å². The maximum absolute atomic E-state index is 13.2. The van der Waals surface area contributed by atoms with Gasteiger partial charge >= 0.3 is 6.03 Å². The normalized spacial score (nSPS) is 20.6. The van der Waals surface area contributed by atoms with Crippen molar-refractivity contribution in [2.24, 2.45) is 0 Å². The highest BCUT2D eigenvalue weighted by Gasteiger charge is 2.43. The fourth-order valence-corrected chi connectivity index (χ4v) is 5.93. The molecule has 33 heavy (non-hydrogen) atoms. The molecule has 2 saturated heterocycles. The van der Waals surface area contributed by atoms with E-state index >= 15 is 0 Å². The van der Waals surface area contributed by atoms with Gasteiger partial charge in [-0.05, 0) is 62.7 Å². The maximum atomic E-state index is 13.2. The number of carbonyl (C=O) groups is 2. The van der Waals surface area contributed by atoms with Gasteiger partial charge in [-0.3, -0.25) is 4.79 Å². The fourth-order valence-electron chi connectivity index (χ4n) is 5.93. The van der Waals surface area contributed by atoms with E-state index in [4.69, 9.17) is 0 Å². The van der Waals surface area contributed by atoms with E-state index < -0.39 is 0 Å². The van der Waals surface area contributed by atoms with Crippen molar-refractivity contribution in [3.8, 4) is 0 Å². The van der Waals surface area contributed by atoms with E-state index in [1.165, 1.54) is 5.56 Å². The average molecular weight is 455 g/mol. The van der Waals surface area contributed by atoms with Gasteiger partial charge in [0.05, 0.1) is 0 Å². The molecule has 0 aromatic heterocycles. The SMILES string of the molecule is CCC(CC)NC(=O)C1=CC2(CCN(C3CCN(C(=O)N(C)C)CC3)CC2)c2ccccc21.[HH]. The molecular formula is C27H42N4O2. The first kappa shape index (κ1) is 23.8. The summed E-state index contributed by atoms with van der Waals surface area (Å²) in [5, 5.41) is 3.25. The van der Waals surface area contributed by atoms with Crippen molar-refractivity contribution in [2.45, 2.75) is 69.9 Å². The number of rotatable bonds is 5. The summed E-state index contributed by atoms with van der Waals surface area (Å²) < 4.78 is 0. The van der Waals surface area contributed by atoms with E-state index in [-0.39, 0.29) is 24.8 Å². The predicted molar refractivity (Wildman–Crippen MR) is 135 cm³/mol. The molecule has 4 rings (SSSR count). The number of nitrogens with zero attached hydrogens (tertiary/aromatic N) is 3. The van der Waals surface area contributed by atoms with Crippen LogP contribution in [-0.4, -0.2) is 79.0 Å². The van der Waals surface area contributed by atoms with Crippen LogP contribution in [0.5, 0.6) is 0 Å². The second-order valence-electron chi connectivity index (χ2n) is 10.2. The molecule has 1 spiro atoms. The molecule has 0 radical (unpaired) electrons. The van der Waals surface area contributed by atoms with Crippen LogP contribution in [0.15, 0.2) is 30.3 Å². The van der Waals surface area contributed by atoms with Crippen LogP contribution >= 0.6 is 0 Å². The Labute approximate surface area is 200 Å². The predicted octanol–water partition coefficient (Wildman–Crippen LogP) is 4.11. The second kappa shape index (κ2) is 9.88. The number of urea groups is 1. The molecule has 6 heteroatoms. The molecule has 3 aliphatic rings. The highest BCUT2D eigenvalue weighted by atomic mass is 16.2. The Morgan fingerprint density at radius 3 is 2.33 bits per heavy atom. The lowest BCUT2D eigenvalue weighted by Crippen LogP contribution is -2.52. The number of allylic oxidation sites excluding steroid dienone is 1. The standard InChI is InChI=1S/C27H40N4O2.H2/c1-5-20(6-2)28-25(32)23-19-27(24-10-8-7-9-22(23)24)13-17-30(18-14-27)21-11-15-31(16-12-21)26(33)29(3)4;/h7-10,19-21H,5-6,11-18H2,1-4H3,(H,28,32);1H. The Morgan fingerprint density at radius 2 is 1.73 bits per heavy atom. The summed E-state index contributed by atoms with van der Waals surface area (Å²) in [4.78, 5) is 31.7. The Morgan fingerprint density at radius 1 is 1.09 bits per heavy atom. The number of fused-ring (bicyclic) bond motifs is 2. The molecule has 2 heterocycles. The van der Waals surface area contributed by atoms with Crippen LogP contribution in [0, 0.1) is 0 Å². The van der Waals surface area contributed by atoms with E-state index in [0.29, 0.717) is 6.04 Å². The molecule has 1 aromatic carbocycles. The molecule has 1 aromatic rings. The molecule has 6 nitrogen and oxygen atoms in total. The molecule has 3 amide bonds. The summed E-state index contributed by atoms with van der Waals surface area (Å²) in [6.07, 6.45) is 8.37. The van der Waals surface area contributed by atoms with Crippen molar-refractivity contribution in [1.82, 2.24) is 20.0 Å². The fraction of sp³-hybridized carbons (Fsp3) is 0.630. The minimum absolute atomic E-state index is 0. The molecule has 0 bridgehead atoms. The van der Waals surface area contributed by atoms with Crippen LogP contribution in [0.2, 0.25) is 0 Å². The quantitative estimate of drug-likeness (QED) is 0.728. The second-order valence-corrected chi connectivity index (χ2v) is 10.2. The number of piperidine rings is 2. The third-order valence-corrected chi connectivity index (χ3v) is 8.06. The van der Waals surface area contributed by atoms with E-state index in [1.54, 1.807) is 4.90 Å². The topological polar surface area (TPSA) is 55.9 Å². The van der Waals surface area contributed by atoms with Gasteiger partial charge in [0.2, 0.25) is 0 Å². The van der Waals surface area contributed by atoms with Crippen LogP contribution in [-0.2, 0) is 10.2 Å². The van der Waals surface area contributed by atoms with Gasteiger partial charge in [-0.1, -0.05) is 44.2 Å². The maximum Gasteiger partial charge on any atom is 0.319 e. The van der Waals surface area contributed by atoms with E-state index in [2.05, 4.69) is 48.3 Å². The summed E-state index contributed by atoms with van der Waals surface area (Å²) in [6, 6.07) is 9.41. The molecule has 1 aliphatic carbocycles. The lowest BCUT2D eigenvalue weighted by Gasteiger charge is -2.45. The number of nitrogens with one attached hydrogen (secondary N) is 1. The Balaban J connectivity index is 0.00000324. The number of hydrogen-bond acceptors (Lipinski definition) is 3. The van der Waals surface area contributed by atoms with Crippen molar-refractivity contribution >= 4 is 17.5 Å². The molecule has 0 unspecified atom stereocenters. The third kappa shape index (κ3) is 4.68. The number of hydrogen-bond donors (Lipinski definition) is 1. The van der Waals surface area contributed by atoms with Crippen molar-refractivity contribution in [1.29, 1.82) is 0 Å². The minimum atomic E-state index is -0.0325. The van der Waals surface area contributed by atoms with Crippen molar-refractivity contribution in [3.63, 3.8) is 0 Å². The lowest BCUT2D eigenvalue weighted by atomic mass is 9.74. The van der Waals surface area contributed by atoms with Crippen molar-refractivity contribution in [2.75, 3.05) is 40.3 Å². The largest absolute Gasteiger partial charge is 0.349 e. The van der Waals surface area contributed by atoms with Crippen molar-refractivity contribution < 1.29 is 11.0 Å². The van der Waals surface area contributed by atoms with Gasteiger partial charge < -0.3 is 20.0 Å². The van der Waals surface area contributed by atoms with E-state index in [0.717, 1.165) is 75.8 Å². The number of amides is 3. The molecule has 0 atom stereocenters. The highest BCUT2D eigenvalue weighted by molar-refractivity contribution is 6.21. The number of likely N-dealkylation sites (tertiary alicyclic amines) is 2. The van der Waals surface area contributed by atoms with Crippen LogP contribution in [0.25, 0.3) is 5.57 Å². The van der Waals surface area contributed by atoms with Crippen LogP contribution in [0.1, 0.15) is 64.9 Å². The van der Waals surface area contributed by atoms with Crippen LogP contribution in [0.3, 0.4) is 0 Å². The molecule has 0 saturated carbocycles. The van der Waals surface area contributed by atoms with E-state index in [1.807, 2.05) is 25.1 Å². The molecule has 1 N–H and O–H groups in total. The highest BCUT2D eigenvalue weighted by Crippen LogP contribution is 2.47. The van der Waals surface area contributed by atoms with Crippen molar-refractivity contribution in [3.05, 3.63) is 41.5 Å². The first-order valence-corrected chi connectivity index (χ1v) is 12.7. The van der Waals surface area contributed by atoms with Gasteiger partial charge in [0, 0.05) is 51.7 Å². The molecule has 2 aliphatic heterocycles. The molecular weight excluding hydrogens is 412 g/mol. The smallest absolute Gasteiger partial charge is 0.319 e. The first-order chi connectivity index (χ1) is 15.9. The number of benzene rings is 1.